The van der Waals surface area contributed by atoms with Crippen LogP contribution >= 0.6 is 0 Å². The maximum atomic E-state index is 12.2. The average Bonchev–Trinajstić information content (AvgIpc) is 2.69. The van der Waals surface area contributed by atoms with Crippen LogP contribution in [-0.2, 0) is 9.53 Å². The van der Waals surface area contributed by atoms with Crippen molar-refractivity contribution >= 4 is 11.9 Å². The Morgan fingerprint density at radius 1 is 0.962 bits per heavy atom. The SMILES string of the molecule is C[C@@H]1CCCC[C@H]1NC(=O)COC(=O)c1ccc(-c2ccccc2)cc1. The summed E-state index contributed by atoms with van der Waals surface area (Å²) >= 11 is 0. The minimum atomic E-state index is -0.476. The van der Waals surface area contributed by atoms with Gasteiger partial charge in [0.15, 0.2) is 6.61 Å². The lowest BCUT2D eigenvalue weighted by atomic mass is 9.86. The van der Waals surface area contributed by atoms with E-state index in [0.717, 1.165) is 30.4 Å². The summed E-state index contributed by atoms with van der Waals surface area (Å²) in [4.78, 5) is 24.2. The molecule has 0 unspecified atom stereocenters. The van der Waals surface area contributed by atoms with Gasteiger partial charge in [0.05, 0.1) is 5.56 Å². The Balaban J connectivity index is 1.51. The van der Waals surface area contributed by atoms with E-state index >= 15 is 0 Å². The van der Waals surface area contributed by atoms with Gasteiger partial charge >= 0.3 is 5.97 Å². The second-order valence-electron chi connectivity index (χ2n) is 6.96. The van der Waals surface area contributed by atoms with Gasteiger partial charge in [-0.1, -0.05) is 62.2 Å². The predicted molar refractivity (Wildman–Crippen MR) is 102 cm³/mol. The van der Waals surface area contributed by atoms with Gasteiger partial charge in [-0.2, -0.15) is 0 Å². The molecule has 1 fully saturated rings. The third kappa shape index (κ3) is 4.72. The van der Waals surface area contributed by atoms with Gasteiger partial charge in [-0.05, 0) is 42.0 Å². The van der Waals surface area contributed by atoms with Crippen LogP contribution in [0.1, 0.15) is 43.0 Å². The van der Waals surface area contributed by atoms with Crippen LogP contribution in [0, 0.1) is 5.92 Å². The smallest absolute Gasteiger partial charge is 0.338 e. The summed E-state index contributed by atoms with van der Waals surface area (Å²) in [5.74, 6) is -0.219. The number of carbonyl (C=O) groups is 2. The molecular weight excluding hydrogens is 326 g/mol. The van der Waals surface area contributed by atoms with Crippen molar-refractivity contribution in [3.63, 3.8) is 0 Å². The molecule has 1 saturated carbocycles. The molecule has 2 aromatic carbocycles. The van der Waals surface area contributed by atoms with Gasteiger partial charge in [0, 0.05) is 6.04 Å². The third-order valence-electron chi connectivity index (χ3n) is 5.02. The van der Waals surface area contributed by atoms with Crippen LogP contribution in [-0.4, -0.2) is 24.5 Å². The number of carbonyl (C=O) groups excluding carboxylic acids is 2. The van der Waals surface area contributed by atoms with Crippen molar-refractivity contribution in [2.75, 3.05) is 6.61 Å². The Labute approximate surface area is 154 Å². The molecule has 0 radical (unpaired) electrons. The number of benzene rings is 2. The molecule has 3 rings (SSSR count). The summed E-state index contributed by atoms with van der Waals surface area (Å²) in [7, 11) is 0. The van der Waals surface area contributed by atoms with Gasteiger partial charge < -0.3 is 10.1 Å². The van der Waals surface area contributed by atoms with E-state index in [9.17, 15) is 9.59 Å². The standard InChI is InChI=1S/C22H25NO3/c1-16-7-5-6-10-20(16)23-21(24)15-26-22(25)19-13-11-18(12-14-19)17-8-3-2-4-9-17/h2-4,8-9,11-14,16,20H,5-7,10,15H2,1H3,(H,23,24)/t16-,20-/m1/s1. The molecule has 1 amide bonds. The van der Waals surface area contributed by atoms with Crippen LogP contribution in [0.15, 0.2) is 54.6 Å². The van der Waals surface area contributed by atoms with Crippen LogP contribution in [0.25, 0.3) is 11.1 Å². The molecule has 26 heavy (non-hydrogen) atoms. The van der Waals surface area contributed by atoms with E-state index in [1.165, 1.54) is 6.42 Å². The molecule has 0 heterocycles. The van der Waals surface area contributed by atoms with E-state index in [1.54, 1.807) is 12.1 Å². The van der Waals surface area contributed by atoms with E-state index in [-0.39, 0.29) is 18.6 Å². The van der Waals surface area contributed by atoms with Crippen molar-refractivity contribution in [2.24, 2.45) is 5.92 Å². The first-order chi connectivity index (χ1) is 12.6. The minimum absolute atomic E-state index is 0.195. The fourth-order valence-corrected chi connectivity index (χ4v) is 3.42. The van der Waals surface area contributed by atoms with E-state index in [1.807, 2.05) is 42.5 Å². The molecule has 0 aromatic heterocycles. The first-order valence-corrected chi connectivity index (χ1v) is 9.25. The molecule has 2 atom stereocenters. The van der Waals surface area contributed by atoms with Gasteiger partial charge in [0.1, 0.15) is 0 Å². The van der Waals surface area contributed by atoms with Crippen LogP contribution in [0.5, 0.6) is 0 Å². The van der Waals surface area contributed by atoms with E-state index < -0.39 is 5.97 Å². The molecule has 2 aromatic rings. The zero-order chi connectivity index (χ0) is 18.4. The first-order valence-electron chi connectivity index (χ1n) is 9.25. The molecule has 4 heteroatoms. The van der Waals surface area contributed by atoms with Gasteiger partial charge in [-0.25, -0.2) is 4.79 Å². The van der Waals surface area contributed by atoms with Crippen LogP contribution in [0.4, 0.5) is 0 Å². The van der Waals surface area contributed by atoms with Crippen molar-refractivity contribution in [3.8, 4) is 11.1 Å². The molecule has 136 valence electrons. The van der Waals surface area contributed by atoms with Gasteiger partial charge in [0.2, 0.25) is 0 Å². The summed E-state index contributed by atoms with van der Waals surface area (Å²) in [5.41, 5.74) is 2.57. The van der Waals surface area contributed by atoms with Crippen LogP contribution in [0.2, 0.25) is 0 Å². The Morgan fingerprint density at radius 2 is 1.62 bits per heavy atom. The largest absolute Gasteiger partial charge is 0.452 e. The zero-order valence-corrected chi connectivity index (χ0v) is 15.1. The number of amides is 1. The van der Waals surface area contributed by atoms with E-state index in [4.69, 9.17) is 4.74 Å². The fraction of sp³-hybridized carbons (Fsp3) is 0.364. The van der Waals surface area contributed by atoms with Crippen molar-refractivity contribution < 1.29 is 14.3 Å². The highest BCUT2D eigenvalue weighted by Crippen LogP contribution is 2.23. The van der Waals surface area contributed by atoms with Gasteiger partial charge in [-0.15, -0.1) is 0 Å². The molecular formula is C22H25NO3. The quantitative estimate of drug-likeness (QED) is 0.821. The molecule has 1 aliphatic rings. The number of hydrogen-bond donors (Lipinski definition) is 1. The second-order valence-corrected chi connectivity index (χ2v) is 6.96. The summed E-state index contributed by atoms with van der Waals surface area (Å²) in [5, 5.41) is 2.99. The normalized spacial score (nSPS) is 19.6. The Morgan fingerprint density at radius 3 is 2.31 bits per heavy atom. The molecule has 4 nitrogen and oxygen atoms in total. The summed E-state index contributed by atoms with van der Waals surface area (Å²) in [6.07, 6.45) is 4.50. The van der Waals surface area contributed by atoms with Crippen molar-refractivity contribution in [1.82, 2.24) is 5.32 Å². The monoisotopic (exact) mass is 351 g/mol. The maximum absolute atomic E-state index is 12.2. The van der Waals surface area contributed by atoms with Gasteiger partial charge in [0.25, 0.3) is 5.91 Å². The topological polar surface area (TPSA) is 55.4 Å². The van der Waals surface area contributed by atoms with Gasteiger partial charge in [-0.3, -0.25) is 4.79 Å². The Hall–Kier alpha value is -2.62. The summed E-state index contributed by atoms with van der Waals surface area (Å²) in [6.45, 7) is 1.92. The van der Waals surface area contributed by atoms with Crippen molar-refractivity contribution in [2.45, 2.75) is 38.6 Å². The Kier molecular flexibility index (Phi) is 6.05. The molecule has 0 spiro atoms. The summed E-state index contributed by atoms with van der Waals surface area (Å²) in [6, 6.07) is 17.4. The highest BCUT2D eigenvalue weighted by molar-refractivity contribution is 5.91. The molecule has 0 aliphatic heterocycles. The first kappa shape index (κ1) is 18.2. The fourth-order valence-electron chi connectivity index (χ4n) is 3.42. The predicted octanol–water partition coefficient (Wildman–Crippen LogP) is 4.21. The third-order valence-corrected chi connectivity index (χ3v) is 5.02. The lowest BCUT2D eigenvalue weighted by molar-refractivity contribution is -0.125. The highest BCUT2D eigenvalue weighted by atomic mass is 16.5. The minimum Gasteiger partial charge on any atom is -0.452 e. The lowest BCUT2D eigenvalue weighted by Gasteiger charge is -2.29. The maximum Gasteiger partial charge on any atom is 0.338 e. The number of hydrogen-bond acceptors (Lipinski definition) is 3. The van der Waals surface area contributed by atoms with Crippen molar-refractivity contribution in [1.29, 1.82) is 0 Å². The summed E-state index contributed by atoms with van der Waals surface area (Å²) < 4.78 is 5.16. The molecule has 1 aliphatic carbocycles. The van der Waals surface area contributed by atoms with E-state index in [0.29, 0.717) is 11.5 Å². The van der Waals surface area contributed by atoms with E-state index in [2.05, 4.69) is 12.2 Å². The molecule has 0 saturated heterocycles. The zero-order valence-electron chi connectivity index (χ0n) is 15.1. The average molecular weight is 351 g/mol. The number of ether oxygens (including phenoxy) is 1. The molecule has 1 N–H and O–H groups in total. The molecule has 0 bridgehead atoms. The number of nitrogens with one attached hydrogen (secondary N) is 1. The lowest BCUT2D eigenvalue weighted by Crippen LogP contribution is -2.42. The Bertz CT molecular complexity index is 740. The van der Waals surface area contributed by atoms with Crippen molar-refractivity contribution in [3.05, 3.63) is 60.2 Å². The number of rotatable bonds is 5. The van der Waals surface area contributed by atoms with Crippen LogP contribution < -0.4 is 5.32 Å². The highest BCUT2D eigenvalue weighted by Gasteiger charge is 2.23. The van der Waals surface area contributed by atoms with Crippen LogP contribution in [0.3, 0.4) is 0 Å². The number of esters is 1. The second kappa shape index (κ2) is 8.65.